The Morgan fingerprint density at radius 2 is 2.00 bits per heavy atom. The second-order valence-corrected chi connectivity index (χ2v) is 6.82. The number of nitrogens with zero attached hydrogens (tertiary/aromatic N) is 5. The number of anilines is 1. The molecular formula is C18H23N5. The summed E-state index contributed by atoms with van der Waals surface area (Å²) in [4.78, 5) is 11.6. The van der Waals surface area contributed by atoms with Gasteiger partial charge in [0.25, 0.3) is 0 Å². The summed E-state index contributed by atoms with van der Waals surface area (Å²) in [5, 5.41) is 0. The first kappa shape index (κ1) is 14.3. The summed E-state index contributed by atoms with van der Waals surface area (Å²) in [5.41, 5.74) is 2.27. The Balaban J connectivity index is 1.46. The Morgan fingerprint density at radius 3 is 2.74 bits per heavy atom. The van der Waals surface area contributed by atoms with Gasteiger partial charge >= 0.3 is 0 Å². The van der Waals surface area contributed by atoms with Crippen LogP contribution in [0.2, 0.25) is 0 Å². The lowest BCUT2D eigenvalue weighted by atomic mass is 10.0. The summed E-state index contributed by atoms with van der Waals surface area (Å²) in [7, 11) is 2.10. The predicted octanol–water partition coefficient (Wildman–Crippen LogP) is 3.03. The van der Waals surface area contributed by atoms with Gasteiger partial charge in [0, 0.05) is 50.9 Å². The number of para-hydroxylation sites is 2. The van der Waals surface area contributed by atoms with Crippen molar-refractivity contribution in [3.63, 3.8) is 0 Å². The highest BCUT2D eigenvalue weighted by atomic mass is 15.3. The molecule has 0 amide bonds. The van der Waals surface area contributed by atoms with E-state index in [1.807, 2.05) is 12.3 Å². The summed E-state index contributed by atoms with van der Waals surface area (Å²) in [6, 6.07) is 8.32. The number of aromatic nitrogens is 4. The number of imidazole rings is 2. The monoisotopic (exact) mass is 309 g/mol. The Hall–Kier alpha value is -2.30. The van der Waals surface area contributed by atoms with E-state index in [-0.39, 0.29) is 0 Å². The number of aryl methyl sites for hydroxylation is 1. The molecule has 0 atom stereocenters. The van der Waals surface area contributed by atoms with Gasteiger partial charge in [-0.3, -0.25) is 0 Å². The van der Waals surface area contributed by atoms with Crippen molar-refractivity contribution >= 4 is 17.0 Å². The lowest BCUT2D eigenvalue weighted by Crippen LogP contribution is -2.49. The number of rotatable bonds is 4. The molecule has 1 aromatic carbocycles. The third-order valence-corrected chi connectivity index (χ3v) is 4.72. The fraction of sp³-hybridized carbons (Fsp3) is 0.444. The van der Waals surface area contributed by atoms with Crippen molar-refractivity contribution in [3.8, 4) is 0 Å². The van der Waals surface area contributed by atoms with Crippen molar-refractivity contribution in [1.82, 2.24) is 19.1 Å². The largest absolute Gasteiger partial charge is 0.341 e. The molecule has 5 heteroatoms. The van der Waals surface area contributed by atoms with Gasteiger partial charge in [0.15, 0.2) is 0 Å². The van der Waals surface area contributed by atoms with Gasteiger partial charge in [0.2, 0.25) is 5.95 Å². The maximum Gasteiger partial charge on any atom is 0.206 e. The van der Waals surface area contributed by atoms with Crippen LogP contribution in [0.5, 0.6) is 0 Å². The molecule has 23 heavy (non-hydrogen) atoms. The van der Waals surface area contributed by atoms with Crippen molar-refractivity contribution in [2.24, 2.45) is 13.0 Å². The van der Waals surface area contributed by atoms with Gasteiger partial charge in [0.05, 0.1) is 11.0 Å². The van der Waals surface area contributed by atoms with Crippen LogP contribution in [-0.2, 0) is 13.6 Å². The molecule has 120 valence electrons. The first-order valence-corrected chi connectivity index (χ1v) is 8.31. The Labute approximate surface area is 136 Å². The van der Waals surface area contributed by atoms with E-state index in [1.54, 1.807) is 0 Å². The van der Waals surface area contributed by atoms with E-state index in [9.17, 15) is 0 Å². The molecule has 1 saturated heterocycles. The minimum atomic E-state index is 0.473. The molecule has 2 aromatic heterocycles. The average Bonchev–Trinajstić information content (AvgIpc) is 3.08. The Kier molecular flexibility index (Phi) is 3.36. The van der Waals surface area contributed by atoms with E-state index in [0.717, 1.165) is 31.1 Å². The van der Waals surface area contributed by atoms with Gasteiger partial charge < -0.3 is 14.0 Å². The zero-order chi connectivity index (χ0) is 16.0. The van der Waals surface area contributed by atoms with Gasteiger partial charge in [-0.05, 0) is 12.1 Å². The summed E-state index contributed by atoms with van der Waals surface area (Å²) < 4.78 is 4.50. The molecule has 1 fully saturated rings. The topological polar surface area (TPSA) is 38.9 Å². The predicted molar refractivity (Wildman–Crippen MR) is 92.7 cm³/mol. The first-order chi connectivity index (χ1) is 11.1. The molecule has 1 aliphatic heterocycles. The van der Waals surface area contributed by atoms with Crippen LogP contribution in [0.4, 0.5) is 5.95 Å². The molecular weight excluding hydrogens is 286 g/mol. The molecule has 0 bridgehead atoms. The van der Waals surface area contributed by atoms with Crippen LogP contribution in [0.3, 0.4) is 0 Å². The highest BCUT2D eigenvalue weighted by molar-refractivity contribution is 5.78. The fourth-order valence-corrected chi connectivity index (χ4v) is 3.52. The zero-order valence-electron chi connectivity index (χ0n) is 14.0. The highest BCUT2D eigenvalue weighted by Gasteiger charge is 2.30. The minimum Gasteiger partial charge on any atom is -0.341 e. The van der Waals surface area contributed by atoms with Gasteiger partial charge in [-0.15, -0.1) is 0 Å². The van der Waals surface area contributed by atoms with Gasteiger partial charge in [-0.1, -0.05) is 26.0 Å². The van der Waals surface area contributed by atoms with E-state index < -0.39 is 0 Å². The number of hydrogen-bond acceptors (Lipinski definition) is 3. The van der Waals surface area contributed by atoms with Gasteiger partial charge in [0.1, 0.15) is 5.82 Å². The fourth-order valence-electron chi connectivity index (χ4n) is 3.52. The zero-order valence-corrected chi connectivity index (χ0v) is 14.0. The Bertz CT molecular complexity index is 823. The molecule has 4 rings (SSSR count). The maximum absolute atomic E-state index is 4.78. The minimum absolute atomic E-state index is 0.473. The molecule has 5 nitrogen and oxygen atoms in total. The van der Waals surface area contributed by atoms with Crippen LogP contribution < -0.4 is 4.90 Å². The second-order valence-electron chi connectivity index (χ2n) is 6.82. The lowest BCUT2D eigenvalue weighted by Gasteiger charge is -2.40. The molecule has 1 aliphatic rings. The molecule has 0 unspecified atom stereocenters. The summed E-state index contributed by atoms with van der Waals surface area (Å²) in [6.45, 7) is 7.57. The van der Waals surface area contributed by atoms with Crippen molar-refractivity contribution < 1.29 is 0 Å². The SMILES string of the molecule is CC(C)c1nccn1CC1CN(c2nc3ccccc3n2C)C1. The van der Waals surface area contributed by atoms with Gasteiger partial charge in [-0.25, -0.2) is 9.97 Å². The van der Waals surface area contributed by atoms with Crippen molar-refractivity contribution in [2.45, 2.75) is 26.3 Å². The molecule has 3 aromatic rings. The van der Waals surface area contributed by atoms with Crippen LogP contribution in [0.1, 0.15) is 25.6 Å². The van der Waals surface area contributed by atoms with Crippen molar-refractivity contribution in [1.29, 1.82) is 0 Å². The normalized spacial score (nSPS) is 15.6. The highest BCUT2D eigenvalue weighted by Crippen LogP contribution is 2.28. The number of fused-ring (bicyclic) bond motifs is 1. The van der Waals surface area contributed by atoms with E-state index in [2.05, 4.69) is 64.3 Å². The molecule has 0 spiro atoms. The van der Waals surface area contributed by atoms with Crippen LogP contribution in [-0.4, -0.2) is 32.2 Å². The second kappa shape index (κ2) is 5.41. The van der Waals surface area contributed by atoms with Crippen molar-refractivity contribution in [3.05, 3.63) is 42.5 Å². The van der Waals surface area contributed by atoms with Gasteiger partial charge in [-0.2, -0.15) is 0 Å². The van der Waals surface area contributed by atoms with Crippen molar-refractivity contribution in [2.75, 3.05) is 18.0 Å². The van der Waals surface area contributed by atoms with Crippen LogP contribution >= 0.6 is 0 Å². The molecule has 0 aliphatic carbocycles. The third kappa shape index (κ3) is 2.40. The third-order valence-electron chi connectivity index (χ3n) is 4.72. The molecule has 0 saturated carbocycles. The van der Waals surface area contributed by atoms with Crippen LogP contribution in [0, 0.1) is 5.92 Å². The standard InChI is InChI=1S/C18H23N5/c1-13(2)17-19-8-9-22(17)10-14-11-23(12-14)18-20-15-6-4-5-7-16(15)21(18)3/h4-9,13-14H,10-12H2,1-3H3. The van der Waals surface area contributed by atoms with E-state index in [0.29, 0.717) is 11.8 Å². The summed E-state index contributed by atoms with van der Waals surface area (Å²) >= 11 is 0. The quantitative estimate of drug-likeness (QED) is 0.743. The number of hydrogen-bond donors (Lipinski definition) is 0. The summed E-state index contributed by atoms with van der Waals surface area (Å²) in [5.74, 6) is 3.41. The molecule has 3 heterocycles. The van der Waals surface area contributed by atoms with Crippen LogP contribution in [0.15, 0.2) is 36.7 Å². The first-order valence-electron chi connectivity index (χ1n) is 8.31. The lowest BCUT2D eigenvalue weighted by molar-refractivity contribution is 0.345. The van der Waals surface area contributed by atoms with E-state index in [4.69, 9.17) is 4.98 Å². The van der Waals surface area contributed by atoms with E-state index >= 15 is 0 Å². The number of benzene rings is 1. The average molecular weight is 309 g/mol. The Morgan fingerprint density at radius 1 is 1.22 bits per heavy atom. The summed E-state index contributed by atoms with van der Waals surface area (Å²) in [6.07, 6.45) is 4.02. The maximum atomic E-state index is 4.78. The smallest absolute Gasteiger partial charge is 0.206 e. The molecule has 0 radical (unpaired) electrons. The van der Waals surface area contributed by atoms with Crippen LogP contribution in [0.25, 0.3) is 11.0 Å². The molecule has 0 N–H and O–H groups in total. The van der Waals surface area contributed by atoms with E-state index in [1.165, 1.54) is 11.3 Å².